The van der Waals surface area contributed by atoms with Crippen molar-refractivity contribution in [2.24, 2.45) is 0 Å². The predicted octanol–water partition coefficient (Wildman–Crippen LogP) is 4.91. The number of aromatic nitrogens is 1. The van der Waals surface area contributed by atoms with Crippen molar-refractivity contribution < 1.29 is 14.3 Å². The lowest BCUT2D eigenvalue weighted by Gasteiger charge is -2.07. The fourth-order valence-electron chi connectivity index (χ4n) is 2.10. The topological polar surface area (TPSA) is 75.4 Å². The van der Waals surface area contributed by atoms with Gasteiger partial charge in [-0.1, -0.05) is 23.2 Å². The average molecular weight is 383 g/mol. The number of phenolic OH excluding ortho intramolecular Hbond substituents is 1. The van der Waals surface area contributed by atoms with Gasteiger partial charge < -0.3 is 14.8 Å². The number of oxazole rings is 1. The van der Waals surface area contributed by atoms with Crippen molar-refractivity contribution in [2.75, 3.05) is 5.32 Å². The van der Waals surface area contributed by atoms with Gasteiger partial charge >= 0.3 is 0 Å². The first-order chi connectivity index (χ1) is 11.4. The summed E-state index contributed by atoms with van der Waals surface area (Å²) in [5, 5.41) is 16.2. The number of carbonyl (C=O) groups excluding carboxylic acids is 1. The summed E-state index contributed by atoms with van der Waals surface area (Å²) in [7, 11) is 0. The number of amides is 1. The molecule has 2 N–H and O–H groups in total. The van der Waals surface area contributed by atoms with Crippen molar-refractivity contribution in [3.63, 3.8) is 0 Å². The van der Waals surface area contributed by atoms with E-state index in [-0.39, 0.29) is 28.1 Å². The van der Waals surface area contributed by atoms with Crippen molar-refractivity contribution in [3.8, 4) is 17.2 Å². The summed E-state index contributed by atoms with van der Waals surface area (Å²) >= 11 is 13.2. The summed E-state index contributed by atoms with van der Waals surface area (Å²) in [5.74, 6) is 0.575. The number of rotatable bonds is 4. The number of hydrogen-bond donors (Lipinski definition) is 2. The third-order valence-electron chi connectivity index (χ3n) is 3.29. The van der Waals surface area contributed by atoms with Gasteiger partial charge in [-0.2, -0.15) is 11.3 Å². The Balaban J connectivity index is 1.74. The van der Waals surface area contributed by atoms with Crippen LogP contribution in [0.3, 0.4) is 0 Å². The highest BCUT2D eigenvalue weighted by Gasteiger charge is 2.16. The monoisotopic (exact) mass is 382 g/mol. The van der Waals surface area contributed by atoms with Crippen LogP contribution in [0.1, 0.15) is 11.5 Å². The molecule has 0 fully saturated rings. The highest BCUT2D eigenvalue weighted by atomic mass is 35.5. The van der Waals surface area contributed by atoms with Gasteiger partial charge in [-0.3, -0.25) is 4.79 Å². The van der Waals surface area contributed by atoms with E-state index in [9.17, 15) is 9.90 Å². The molecule has 0 aliphatic carbocycles. The quantitative estimate of drug-likeness (QED) is 0.628. The molecule has 8 heteroatoms. The smallest absolute Gasteiger partial charge is 0.230 e. The van der Waals surface area contributed by atoms with Crippen molar-refractivity contribution in [1.29, 1.82) is 0 Å². The molecule has 124 valence electrons. The SMILES string of the molecule is Cc1oc(-c2ccsc2)nc1CC(=O)Nc1cc(Cl)c(O)c(Cl)c1. The minimum absolute atomic E-state index is 0.0512. The summed E-state index contributed by atoms with van der Waals surface area (Å²) in [6, 6.07) is 4.75. The number of anilines is 1. The van der Waals surface area contributed by atoms with Gasteiger partial charge in [-0.05, 0) is 30.5 Å². The maximum atomic E-state index is 12.2. The van der Waals surface area contributed by atoms with Crippen LogP contribution in [0.5, 0.6) is 5.75 Å². The molecule has 3 rings (SSSR count). The van der Waals surface area contributed by atoms with Gasteiger partial charge in [0.25, 0.3) is 0 Å². The van der Waals surface area contributed by atoms with Crippen LogP contribution in [0.15, 0.2) is 33.4 Å². The van der Waals surface area contributed by atoms with Crippen LogP contribution < -0.4 is 5.32 Å². The van der Waals surface area contributed by atoms with E-state index < -0.39 is 0 Å². The van der Waals surface area contributed by atoms with Gasteiger partial charge in [-0.15, -0.1) is 0 Å². The fourth-order valence-corrected chi connectivity index (χ4v) is 3.21. The van der Waals surface area contributed by atoms with Gasteiger partial charge in [0.1, 0.15) is 5.76 Å². The van der Waals surface area contributed by atoms with Gasteiger partial charge in [0.2, 0.25) is 11.8 Å². The van der Waals surface area contributed by atoms with Gasteiger partial charge in [-0.25, -0.2) is 4.98 Å². The van der Waals surface area contributed by atoms with Crippen molar-refractivity contribution >= 4 is 46.1 Å². The van der Waals surface area contributed by atoms with E-state index in [0.717, 1.165) is 5.56 Å². The lowest BCUT2D eigenvalue weighted by molar-refractivity contribution is -0.115. The second kappa shape index (κ2) is 6.84. The molecule has 0 aliphatic rings. The molecule has 0 unspecified atom stereocenters. The van der Waals surface area contributed by atoms with Gasteiger partial charge in [0.05, 0.1) is 22.2 Å². The second-order valence-electron chi connectivity index (χ2n) is 5.05. The molecule has 1 amide bonds. The maximum Gasteiger partial charge on any atom is 0.230 e. The zero-order valence-corrected chi connectivity index (χ0v) is 14.8. The average Bonchev–Trinajstić information content (AvgIpc) is 3.15. The Morgan fingerprint density at radius 2 is 2.08 bits per heavy atom. The maximum absolute atomic E-state index is 12.2. The van der Waals surface area contributed by atoms with Crippen LogP contribution in [0, 0.1) is 6.92 Å². The molecule has 0 radical (unpaired) electrons. The first-order valence-corrected chi connectivity index (χ1v) is 8.60. The molecule has 2 heterocycles. The first kappa shape index (κ1) is 16.8. The zero-order valence-electron chi connectivity index (χ0n) is 12.5. The lowest BCUT2D eigenvalue weighted by atomic mass is 10.2. The molecule has 0 bridgehead atoms. The third kappa shape index (κ3) is 3.56. The van der Waals surface area contributed by atoms with E-state index in [1.807, 2.05) is 16.8 Å². The number of benzene rings is 1. The van der Waals surface area contributed by atoms with E-state index in [2.05, 4.69) is 10.3 Å². The Labute approximate surface area is 151 Å². The van der Waals surface area contributed by atoms with Crippen LogP contribution in [-0.4, -0.2) is 16.0 Å². The van der Waals surface area contributed by atoms with Crippen LogP contribution in [-0.2, 0) is 11.2 Å². The van der Waals surface area contributed by atoms with Crippen LogP contribution >= 0.6 is 34.5 Å². The van der Waals surface area contributed by atoms with E-state index in [0.29, 0.717) is 23.0 Å². The van der Waals surface area contributed by atoms with Crippen molar-refractivity contribution in [2.45, 2.75) is 13.3 Å². The van der Waals surface area contributed by atoms with Crippen molar-refractivity contribution in [3.05, 3.63) is 50.5 Å². The number of aryl methyl sites for hydroxylation is 1. The third-order valence-corrected chi connectivity index (χ3v) is 4.55. The normalized spacial score (nSPS) is 10.8. The van der Waals surface area contributed by atoms with E-state index in [1.165, 1.54) is 12.1 Å². The molecular formula is C16H12Cl2N2O3S. The number of phenols is 1. The second-order valence-corrected chi connectivity index (χ2v) is 6.64. The van der Waals surface area contributed by atoms with Crippen LogP contribution in [0.2, 0.25) is 10.0 Å². The van der Waals surface area contributed by atoms with Crippen LogP contribution in [0.25, 0.3) is 11.5 Å². The Bertz CT molecular complexity index is 868. The van der Waals surface area contributed by atoms with E-state index >= 15 is 0 Å². The van der Waals surface area contributed by atoms with E-state index in [4.69, 9.17) is 27.6 Å². The molecule has 3 aromatic rings. The first-order valence-electron chi connectivity index (χ1n) is 6.91. The molecule has 2 aromatic heterocycles. The standard InChI is InChI=1S/C16H12Cl2N2O3S/c1-8-13(20-16(23-8)9-2-3-24-7-9)6-14(21)19-10-4-11(17)15(22)12(18)5-10/h2-5,7,22H,6H2,1H3,(H,19,21). The summed E-state index contributed by atoms with van der Waals surface area (Å²) in [4.78, 5) is 16.6. The molecule has 5 nitrogen and oxygen atoms in total. The summed E-state index contributed by atoms with van der Waals surface area (Å²) in [6.07, 6.45) is 0.0512. The minimum atomic E-state index is -0.291. The molecule has 24 heavy (non-hydrogen) atoms. The summed E-state index contributed by atoms with van der Waals surface area (Å²) in [5.41, 5.74) is 1.84. The minimum Gasteiger partial charge on any atom is -0.505 e. The number of thiophene rings is 1. The van der Waals surface area contributed by atoms with E-state index in [1.54, 1.807) is 18.3 Å². The fraction of sp³-hybridized carbons (Fsp3) is 0.125. The molecule has 0 atom stereocenters. The largest absolute Gasteiger partial charge is 0.505 e. The number of hydrogen-bond acceptors (Lipinski definition) is 5. The molecule has 0 aliphatic heterocycles. The number of halogens is 2. The Morgan fingerprint density at radius 3 is 2.71 bits per heavy atom. The van der Waals surface area contributed by atoms with Crippen molar-refractivity contribution in [1.82, 2.24) is 4.98 Å². The Kier molecular flexibility index (Phi) is 4.80. The number of aromatic hydroxyl groups is 1. The lowest BCUT2D eigenvalue weighted by Crippen LogP contribution is -2.15. The highest BCUT2D eigenvalue weighted by Crippen LogP contribution is 2.34. The zero-order chi connectivity index (χ0) is 17.3. The predicted molar refractivity (Wildman–Crippen MR) is 95.0 cm³/mol. The molecule has 0 spiro atoms. The number of nitrogens with zero attached hydrogens (tertiary/aromatic N) is 1. The molecular weight excluding hydrogens is 371 g/mol. The molecule has 0 saturated heterocycles. The Hall–Kier alpha value is -2.02. The number of carbonyl (C=O) groups is 1. The van der Waals surface area contributed by atoms with Gasteiger partial charge in [0, 0.05) is 16.6 Å². The summed E-state index contributed by atoms with van der Waals surface area (Å²) < 4.78 is 5.60. The van der Waals surface area contributed by atoms with Gasteiger partial charge in [0.15, 0.2) is 5.75 Å². The van der Waals surface area contributed by atoms with Crippen LogP contribution in [0.4, 0.5) is 5.69 Å². The highest BCUT2D eigenvalue weighted by molar-refractivity contribution is 7.08. The number of nitrogens with one attached hydrogen (secondary N) is 1. The molecule has 1 aromatic carbocycles. The summed E-state index contributed by atoms with van der Waals surface area (Å²) in [6.45, 7) is 1.76. The Morgan fingerprint density at radius 1 is 1.38 bits per heavy atom. The molecule has 0 saturated carbocycles.